The van der Waals surface area contributed by atoms with Crippen LogP contribution in [0.4, 0.5) is 0 Å². The Morgan fingerprint density at radius 2 is 3.00 bits per heavy atom. The van der Waals surface area contributed by atoms with Crippen molar-refractivity contribution in [2.45, 2.75) is 0 Å². The molecule has 1 rings (SSSR count). The summed E-state index contributed by atoms with van der Waals surface area (Å²) in [5, 5.41) is 3.49. The molecule has 0 aromatic carbocycles. The molecule has 0 fully saturated rings. The second kappa shape index (κ2) is 0.924. The zero-order valence-electron chi connectivity index (χ0n) is 2.64. The van der Waals surface area contributed by atoms with E-state index >= 15 is 0 Å². The Morgan fingerprint density at radius 3 is 3.20 bits per heavy atom. The summed E-state index contributed by atoms with van der Waals surface area (Å²) in [6.45, 7) is 0.528. The highest BCUT2D eigenvalue weighted by Crippen LogP contribution is 1.60. The van der Waals surface area contributed by atoms with E-state index in [0.29, 0.717) is 6.73 Å². The van der Waals surface area contributed by atoms with Crippen molar-refractivity contribution in [2.75, 3.05) is 6.73 Å². The third-order valence-corrected chi connectivity index (χ3v) is 0.366. The highest BCUT2D eigenvalue weighted by molar-refractivity contribution is 5.45. The summed E-state index contributed by atoms with van der Waals surface area (Å²) in [5.74, 6) is 0. The van der Waals surface area contributed by atoms with Gasteiger partial charge in [-0.1, -0.05) is 5.43 Å². The van der Waals surface area contributed by atoms with Crippen LogP contribution in [0.25, 0.3) is 0 Å². The van der Waals surface area contributed by atoms with Crippen LogP contribution in [0.3, 0.4) is 0 Å². The van der Waals surface area contributed by atoms with Gasteiger partial charge in [-0.05, 0) is 0 Å². The fraction of sp³-hybridized carbons (Fsp3) is 0.500. The molecule has 0 aliphatic carbocycles. The van der Waals surface area contributed by atoms with Gasteiger partial charge in [0.1, 0.15) is 0 Å². The van der Waals surface area contributed by atoms with Gasteiger partial charge in [0.15, 0.2) is 0 Å². The van der Waals surface area contributed by atoms with Crippen LogP contribution < -0.4 is 10.5 Å². The maximum Gasteiger partial charge on any atom is 0.433 e. The van der Waals surface area contributed by atoms with Gasteiger partial charge >= 0.3 is 6.40 Å². The average molecular weight is 72.1 g/mol. The average Bonchev–Trinajstić information content (AvgIpc) is 1.76. The third kappa shape index (κ3) is 0.289. The van der Waals surface area contributed by atoms with Crippen LogP contribution in [0.1, 0.15) is 0 Å². The number of hydrazone groups is 1. The van der Waals surface area contributed by atoms with Crippen molar-refractivity contribution < 1.29 is 4.74 Å². The number of rotatable bonds is 0. The van der Waals surface area contributed by atoms with Crippen LogP contribution in [0.15, 0.2) is 0 Å². The van der Waals surface area contributed by atoms with Crippen LogP contribution in [0, 0.1) is 0 Å². The number of nitrogens with one attached hydrogen (secondary N) is 1. The smallest absolute Gasteiger partial charge is 0.417 e. The van der Waals surface area contributed by atoms with Gasteiger partial charge in [0.2, 0.25) is 11.8 Å². The fourth-order valence-corrected chi connectivity index (χ4v) is 0.186. The third-order valence-electron chi connectivity index (χ3n) is 0.366. The normalized spacial score (nSPS) is 17.6. The first kappa shape index (κ1) is 2.50. The minimum atomic E-state index is 0.528. The lowest BCUT2D eigenvalue weighted by atomic mass is 11.3. The minimum Gasteiger partial charge on any atom is -0.417 e. The maximum absolute atomic E-state index is 4.54. The van der Waals surface area contributed by atoms with E-state index < -0.39 is 0 Å². The van der Waals surface area contributed by atoms with E-state index in [9.17, 15) is 0 Å². The molecular formula is C2H4N2O+. The van der Waals surface area contributed by atoms with E-state index in [0.717, 1.165) is 0 Å². The fourth-order valence-electron chi connectivity index (χ4n) is 0.186. The molecule has 1 aliphatic rings. The Balaban J connectivity index is 2.32. The lowest BCUT2D eigenvalue weighted by Gasteiger charge is -1.69. The van der Waals surface area contributed by atoms with Crippen molar-refractivity contribution in [1.82, 2.24) is 10.5 Å². The topological polar surface area (TPSA) is 35.4 Å². The van der Waals surface area contributed by atoms with Crippen molar-refractivity contribution in [3.63, 3.8) is 0 Å². The van der Waals surface area contributed by atoms with Gasteiger partial charge in [-0.3, -0.25) is 0 Å². The Kier molecular flexibility index (Phi) is 0.463. The van der Waals surface area contributed by atoms with Crippen molar-refractivity contribution in [3.8, 4) is 0 Å². The molecule has 0 saturated heterocycles. The van der Waals surface area contributed by atoms with Crippen molar-refractivity contribution >= 4 is 6.40 Å². The molecule has 1 radical (unpaired) electrons. The van der Waals surface area contributed by atoms with Crippen LogP contribution in [0.5, 0.6) is 0 Å². The molecule has 1 heterocycles. The molecule has 0 aromatic rings. The summed E-state index contributed by atoms with van der Waals surface area (Å²) >= 11 is 0. The van der Waals surface area contributed by atoms with Gasteiger partial charge in [0, 0.05) is 0 Å². The maximum atomic E-state index is 4.54. The molecule has 0 bridgehead atoms. The molecule has 1 N–H and O–H groups in total. The number of nitrogens with zero attached hydrogens (tertiary/aromatic N) is 1. The molecule has 27 valence electrons. The standard InChI is InChI=1S/C2H4N2O/c1-3-4-2-5-1/h1,4H,2H2/q+1. The minimum absolute atomic E-state index is 0.528. The molecular weight excluding hydrogens is 68.0 g/mol. The predicted molar refractivity (Wildman–Crippen MR) is 17.3 cm³/mol. The summed E-state index contributed by atoms with van der Waals surface area (Å²) in [7, 11) is 0. The molecule has 0 spiro atoms. The van der Waals surface area contributed by atoms with Gasteiger partial charge in [0.25, 0.3) is 0 Å². The summed E-state index contributed by atoms with van der Waals surface area (Å²) in [5.41, 5.74) is 2.57. The largest absolute Gasteiger partial charge is 0.433 e. The van der Waals surface area contributed by atoms with Crippen LogP contribution in [-0.2, 0) is 4.74 Å². The molecule has 3 nitrogen and oxygen atoms in total. The first-order valence-corrected chi connectivity index (χ1v) is 1.36. The van der Waals surface area contributed by atoms with Crippen molar-refractivity contribution in [1.29, 1.82) is 0 Å². The SMILES string of the molecule is C1=[N+]NCO1. The van der Waals surface area contributed by atoms with E-state index in [2.05, 4.69) is 15.3 Å². The van der Waals surface area contributed by atoms with Crippen molar-refractivity contribution in [2.24, 2.45) is 0 Å². The molecule has 0 aromatic heterocycles. The molecule has 5 heavy (non-hydrogen) atoms. The zero-order valence-corrected chi connectivity index (χ0v) is 2.64. The zero-order chi connectivity index (χ0) is 3.54. The Bertz CT molecular complexity index is 45.6. The number of ether oxygens (including phenoxy) is 1. The first-order chi connectivity index (χ1) is 2.50. The monoisotopic (exact) mass is 72.0 g/mol. The molecule has 0 atom stereocenters. The summed E-state index contributed by atoms with van der Waals surface area (Å²) in [4.78, 5) is 0. The molecule has 1 aliphatic heterocycles. The van der Waals surface area contributed by atoms with Gasteiger partial charge < -0.3 is 4.74 Å². The van der Waals surface area contributed by atoms with Crippen molar-refractivity contribution in [3.05, 3.63) is 0 Å². The second-order valence-corrected chi connectivity index (χ2v) is 0.704. The van der Waals surface area contributed by atoms with Gasteiger partial charge in [0.05, 0.1) is 0 Å². The Labute approximate surface area is 29.6 Å². The van der Waals surface area contributed by atoms with Gasteiger partial charge in [-0.2, -0.15) is 0 Å². The number of hydrogen-bond acceptors (Lipinski definition) is 3. The highest BCUT2D eigenvalue weighted by Gasteiger charge is 1.97. The Hall–Kier alpha value is -0.730. The van der Waals surface area contributed by atoms with E-state index in [-0.39, 0.29) is 0 Å². The van der Waals surface area contributed by atoms with Gasteiger partial charge in [-0.15, -0.1) is 0 Å². The van der Waals surface area contributed by atoms with E-state index in [1.54, 1.807) is 0 Å². The van der Waals surface area contributed by atoms with Crippen LogP contribution in [-0.4, -0.2) is 13.1 Å². The summed E-state index contributed by atoms with van der Waals surface area (Å²) in [6.07, 6.45) is 1.38. The number of hydrogen-bond donors (Lipinski definition) is 1. The quantitative estimate of drug-likeness (QED) is 0.392. The van der Waals surface area contributed by atoms with E-state index in [1.165, 1.54) is 6.40 Å². The molecule has 0 unspecified atom stereocenters. The molecule has 0 saturated carbocycles. The lowest BCUT2D eigenvalue weighted by molar-refractivity contribution is 0.324. The van der Waals surface area contributed by atoms with Gasteiger partial charge in [-0.25, -0.2) is 0 Å². The molecule has 0 amide bonds. The predicted octanol–water partition coefficient (Wildman–Crippen LogP) is -1.16. The first-order valence-electron chi connectivity index (χ1n) is 1.36. The van der Waals surface area contributed by atoms with Crippen LogP contribution >= 0.6 is 0 Å². The van der Waals surface area contributed by atoms with Crippen LogP contribution in [0.2, 0.25) is 0 Å². The summed E-state index contributed by atoms with van der Waals surface area (Å²) < 4.78 is 4.54. The summed E-state index contributed by atoms with van der Waals surface area (Å²) in [6, 6.07) is 0. The highest BCUT2D eigenvalue weighted by atomic mass is 16.5. The second-order valence-electron chi connectivity index (χ2n) is 0.704. The molecule has 3 heteroatoms. The van der Waals surface area contributed by atoms with E-state index in [4.69, 9.17) is 0 Å². The Morgan fingerprint density at radius 1 is 2.00 bits per heavy atom. The van der Waals surface area contributed by atoms with E-state index in [1.807, 2.05) is 0 Å². The lowest BCUT2D eigenvalue weighted by Crippen LogP contribution is -2.07.